The molecule has 0 bridgehead atoms. The minimum atomic E-state index is -0.454. The zero-order chi connectivity index (χ0) is 14.9. The van der Waals surface area contributed by atoms with Crippen molar-refractivity contribution in [1.29, 1.82) is 0 Å². The first kappa shape index (κ1) is 14.5. The molecule has 2 heterocycles. The number of carbonyl (C=O) groups excluding carboxylic acids is 2. The van der Waals surface area contributed by atoms with Gasteiger partial charge in [0.05, 0.1) is 6.54 Å². The topological polar surface area (TPSA) is 62.3 Å². The van der Waals surface area contributed by atoms with Gasteiger partial charge in [-0.1, -0.05) is 26.8 Å². The molecule has 1 N–H and O–H groups in total. The molecule has 0 aromatic carbocycles. The van der Waals surface area contributed by atoms with Gasteiger partial charge in [0.1, 0.15) is 6.04 Å². The van der Waals surface area contributed by atoms with Crippen LogP contribution in [0.2, 0.25) is 0 Å². The molecule has 1 unspecified atom stereocenters. The van der Waals surface area contributed by atoms with Gasteiger partial charge >= 0.3 is 0 Å². The van der Waals surface area contributed by atoms with Crippen molar-refractivity contribution in [2.24, 2.45) is 5.41 Å². The van der Waals surface area contributed by atoms with Gasteiger partial charge in [0.15, 0.2) is 0 Å². The Balaban J connectivity index is 2.29. The molecule has 5 nitrogen and oxygen atoms in total. The number of pyridine rings is 1. The van der Waals surface area contributed by atoms with Crippen molar-refractivity contribution in [3.05, 3.63) is 29.6 Å². The highest BCUT2D eigenvalue weighted by atomic mass is 16.2. The van der Waals surface area contributed by atoms with Crippen LogP contribution in [-0.2, 0) is 16.1 Å². The zero-order valence-corrected chi connectivity index (χ0v) is 12.4. The minimum absolute atomic E-state index is 0.0500. The van der Waals surface area contributed by atoms with Gasteiger partial charge in [0.2, 0.25) is 11.8 Å². The lowest BCUT2D eigenvalue weighted by Gasteiger charge is -2.42. The zero-order valence-electron chi connectivity index (χ0n) is 12.4. The van der Waals surface area contributed by atoms with E-state index < -0.39 is 6.04 Å². The van der Waals surface area contributed by atoms with Gasteiger partial charge in [-0.2, -0.15) is 0 Å². The van der Waals surface area contributed by atoms with Gasteiger partial charge in [-0.25, -0.2) is 0 Å². The fraction of sp³-hybridized carbons (Fsp3) is 0.533. The van der Waals surface area contributed by atoms with E-state index in [4.69, 9.17) is 0 Å². The molecule has 1 saturated heterocycles. The number of nitrogens with one attached hydrogen (secondary N) is 1. The normalized spacial score (nSPS) is 20.0. The maximum Gasteiger partial charge on any atom is 0.243 e. The van der Waals surface area contributed by atoms with Crippen LogP contribution >= 0.6 is 0 Å². The van der Waals surface area contributed by atoms with Crippen LogP contribution in [0.1, 0.15) is 31.9 Å². The summed E-state index contributed by atoms with van der Waals surface area (Å²) < 4.78 is 0. The summed E-state index contributed by atoms with van der Waals surface area (Å²) in [5.74, 6) is -0.135. The maximum absolute atomic E-state index is 12.2. The third kappa shape index (κ3) is 2.98. The van der Waals surface area contributed by atoms with Crippen molar-refractivity contribution in [3.63, 3.8) is 0 Å². The molecule has 0 radical (unpaired) electrons. The standard InChI is InChI=1S/C15H21N3O2/c1-10-5-11(7-16-6-10)9-18-12(19)8-17-14(20)13(18)15(2,3)4/h5-7,13H,8-9H2,1-4H3,(H,17,20). The molecule has 1 aliphatic heterocycles. The molecule has 108 valence electrons. The van der Waals surface area contributed by atoms with E-state index in [2.05, 4.69) is 10.3 Å². The number of carbonyl (C=O) groups is 2. The summed E-state index contributed by atoms with van der Waals surface area (Å²) in [4.78, 5) is 30.1. The Morgan fingerprint density at radius 1 is 1.35 bits per heavy atom. The van der Waals surface area contributed by atoms with Crippen LogP contribution in [0.5, 0.6) is 0 Å². The van der Waals surface area contributed by atoms with E-state index in [1.807, 2.05) is 33.8 Å². The number of nitrogens with zero attached hydrogens (tertiary/aromatic N) is 2. The average molecular weight is 275 g/mol. The fourth-order valence-corrected chi connectivity index (χ4v) is 2.59. The molecule has 1 aliphatic rings. The Morgan fingerprint density at radius 3 is 2.65 bits per heavy atom. The summed E-state index contributed by atoms with van der Waals surface area (Å²) in [5.41, 5.74) is 1.68. The van der Waals surface area contributed by atoms with Crippen molar-refractivity contribution in [3.8, 4) is 0 Å². The van der Waals surface area contributed by atoms with E-state index >= 15 is 0 Å². The maximum atomic E-state index is 12.2. The van der Waals surface area contributed by atoms with Crippen molar-refractivity contribution in [2.45, 2.75) is 40.3 Å². The van der Waals surface area contributed by atoms with Crippen LogP contribution in [0.25, 0.3) is 0 Å². The largest absolute Gasteiger partial charge is 0.345 e. The lowest BCUT2D eigenvalue weighted by Crippen LogP contribution is -2.62. The van der Waals surface area contributed by atoms with Gasteiger partial charge in [0, 0.05) is 18.9 Å². The second kappa shape index (κ2) is 5.23. The average Bonchev–Trinajstić information content (AvgIpc) is 2.32. The predicted molar refractivity (Wildman–Crippen MR) is 75.8 cm³/mol. The molecule has 0 saturated carbocycles. The first-order valence-electron chi connectivity index (χ1n) is 6.77. The lowest BCUT2D eigenvalue weighted by atomic mass is 9.83. The number of hydrogen-bond donors (Lipinski definition) is 1. The predicted octanol–water partition coefficient (Wildman–Crippen LogP) is 1.26. The van der Waals surface area contributed by atoms with Crippen LogP contribution in [-0.4, -0.2) is 34.3 Å². The van der Waals surface area contributed by atoms with Gasteiger partial charge in [-0.3, -0.25) is 14.6 Å². The van der Waals surface area contributed by atoms with Crippen LogP contribution in [0.4, 0.5) is 0 Å². The number of rotatable bonds is 2. The van der Waals surface area contributed by atoms with Gasteiger partial charge < -0.3 is 10.2 Å². The number of piperazine rings is 1. The van der Waals surface area contributed by atoms with Crippen molar-refractivity contribution in [2.75, 3.05) is 6.54 Å². The molecule has 0 aliphatic carbocycles. The van der Waals surface area contributed by atoms with Crippen LogP contribution in [0.15, 0.2) is 18.5 Å². The Labute approximate surface area is 119 Å². The van der Waals surface area contributed by atoms with Gasteiger partial charge in [-0.15, -0.1) is 0 Å². The third-order valence-electron chi connectivity index (χ3n) is 3.40. The number of hydrogen-bond acceptors (Lipinski definition) is 3. The summed E-state index contributed by atoms with van der Waals surface area (Å²) in [6.07, 6.45) is 3.52. The van der Waals surface area contributed by atoms with E-state index in [0.29, 0.717) is 6.54 Å². The molecule has 20 heavy (non-hydrogen) atoms. The first-order valence-corrected chi connectivity index (χ1v) is 6.77. The Bertz CT molecular complexity index is 534. The number of aryl methyl sites for hydroxylation is 1. The molecule has 1 aromatic rings. The lowest BCUT2D eigenvalue weighted by molar-refractivity contribution is -0.150. The van der Waals surface area contributed by atoms with Crippen LogP contribution in [0, 0.1) is 12.3 Å². The molecule has 0 spiro atoms. The van der Waals surface area contributed by atoms with Crippen molar-refractivity contribution >= 4 is 11.8 Å². The highest BCUT2D eigenvalue weighted by Gasteiger charge is 2.41. The molecule has 2 rings (SSSR count). The van der Waals surface area contributed by atoms with E-state index in [1.165, 1.54) is 0 Å². The monoisotopic (exact) mass is 275 g/mol. The molecule has 1 atom stereocenters. The quantitative estimate of drug-likeness (QED) is 0.884. The van der Waals surface area contributed by atoms with Crippen molar-refractivity contribution < 1.29 is 9.59 Å². The Kier molecular flexibility index (Phi) is 3.79. The molecular weight excluding hydrogens is 254 g/mol. The summed E-state index contributed by atoms with van der Waals surface area (Å²) in [5, 5.41) is 2.67. The summed E-state index contributed by atoms with van der Waals surface area (Å²) in [6, 6.07) is 1.54. The summed E-state index contributed by atoms with van der Waals surface area (Å²) in [7, 11) is 0. The van der Waals surface area contributed by atoms with Gasteiger partial charge in [-0.05, 0) is 23.5 Å². The summed E-state index contributed by atoms with van der Waals surface area (Å²) in [6.45, 7) is 8.36. The molecule has 1 fully saturated rings. The Hall–Kier alpha value is -1.91. The van der Waals surface area contributed by atoms with E-state index in [-0.39, 0.29) is 23.8 Å². The molecular formula is C15H21N3O2. The first-order chi connectivity index (χ1) is 9.29. The van der Waals surface area contributed by atoms with E-state index in [9.17, 15) is 9.59 Å². The van der Waals surface area contributed by atoms with E-state index in [1.54, 1.807) is 17.3 Å². The van der Waals surface area contributed by atoms with E-state index in [0.717, 1.165) is 11.1 Å². The fourth-order valence-electron chi connectivity index (χ4n) is 2.59. The number of amides is 2. The Morgan fingerprint density at radius 2 is 2.05 bits per heavy atom. The highest BCUT2D eigenvalue weighted by Crippen LogP contribution is 2.27. The highest BCUT2D eigenvalue weighted by molar-refractivity contribution is 5.95. The minimum Gasteiger partial charge on any atom is -0.345 e. The van der Waals surface area contributed by atoms with Crippen LogP contribution in [0.3, 0.4) is 0 Å². The molecule has 2 amide bonds. The summed E-state index contributed by atoms with van der Waals surface area (Å²) >= 11 is 0. The second-order valence-electron chi connectivity index (χ2n) is 6.38. The smallest absolute Gasteiger partial charge is 0.243 e. The van der Waals surface area contributed by atoms with Crippen LogP contribution < -0.4 is 5.32 Å². The number of aromatic nitrogens is 1. The second-order valence-corrected chi connectivity index (χ2v) is 6.38. The molecule has 5 heteroatoms. The third-order valence-corrected chi connectivity index (χ3v) is 3.40. The molecule has 1 aromatic heterocycles. The SMILES string of the molecule is Cc1cncc(CN2C(=O)CNC(=O)C2C(C)(C)C)c1. The van der Waals surface area contributed by atoms with Gasteiger partial charge in [0.25, 0.3) is 0 Å². The van der Waals surface area contributed by atoms with Crippen molar-refractivity contribution in [1.82, 2.24) is 15.2 Å².